The third-order valence-electron chi connectivity index (χ3n) is 6.19. The van der Waals surface area contributed by atoms with Crippen molar-refractivity contribution in [3.05, 3.63) is 35.9 Å². The minimum absolute atomic E-state index is 0.141. The third kappa shape index (κ3) is 26.6. The van der Waals surface area contributed by atoms with Gasteiger partial charge in [-0.2, -0.15) is 0 Å². The zero-order valence-corrected chi connectivity index (χ0v) is 25.8. The number of hydrogen-bond acceptors (Lipinski definition) is 9. The molecule has 0 spiro atoms. The van der Waals surface area contributed by atoms with E-state index in [2.05, 4.69) is 12.2 Å². The molecule has 10 heteroatoms. The molecule has 0 unspecified atom stereocenters. The highest BCUT2D eigenvalue weighted by atomic mass is 16.6. The summed E-state index contributed by atoms with van der Waals surface area (Å²) in [5.74, 6) is -0.141. The Morgan fingerprint density at radius 1 is 0.571 bits per heavy atom. The van der Waals surface area contributed by atoms with Gasteiger partial charge in [0.2, 0.25) is 0 Å². The quantitative estimate of drug-likeness (QED) is 0.0913. The monoisotopic (exact) mass is 597 g/mol. The molecule has 10 nitrogen and oxygen atoms in total. The molecular formula is C32H55NO9. The van der Waals surface area contributed by atoms with Gasteiger partial charge in [0.05, 0.1) is 66.1 Å². The summed E-state index contributed by atoms with van der Waals surface area (Å²) in [6.45, 7) is 7.56. The first kappa shape index (κ1) is 37.8. The van der Waals surface area contributed by atoms with Gasteiger partial charge in [-0.05, 0) is 12.0 Å². The minimum atomic E-state index is -0.468. The molecule has 0 radical (unpaired) electrons. The first-order valence-corrected chi connectivity index (χ1v) is 15.7. The number of ether oxygens (including phenoxy) is 7. The van der Waals surface area contributed by atoms with Crippen molar-refractivity contribution in [2.75, 3.05) is 79.2 Å². The van der Waals surface area contributed by atoms with Crippen molar-refractivity contribution in [2.24, 2.45) is 0 Å². The van der Waals surface area contributed by atoms with Crippen LogP contribution >= 0.6 is 0 Å². The first-order chi connectivity index (χ1) is 20.7. The summed E-state index contributed by atoms with van der Waals surface area (Å²) in [7, 11) is 0. The highest BCUT2D eigenvalue weighted by Gasteiger charge is 2.03. The Balaban J connectivity index is 1.70. The van der Waals surface area contributed by atoms with Crippen molar-refractivity contribution in [2.45, 2.75) is 77.7 Å². The second-order valence-corrected chi connectivity index (χ2v) is 9.85. The largest absolute Gasteiger partial charge is 0.463 e. The molecule has 1 rings (SSSR count). The highest BCUT2D eigenvalue weighted by Crippen LogP contribution is 2.10. The van der Waals surface area contributed by atoms with Crippen LogP contribution in [0, 0.1) is 0 Å². The molecule has 0 bridgehead atoms. The fourth-order valence-electron chi connectivity index (χ4n) is 3.85. The zero-order valence-electron chi connectivity index (χ0n) is 25.8. The molecule has 0 aliphatic heterocycles. The van der Waals surface area contributed by atoms with Crippen LogP contribution in [0.4, 0.5) is 4.79 Å². The van der Waals surface area contributed by atoms with Gasteiger partial charge in [0, 0.05) is 13.0 Å². The molecule has 1 N–H and O–H groups in total. The highest BCUT2D eigenvalue weighted by molar-refractivity contribution is 5.69. The van der Waals surface area contributed by atoms with Gasteiger partial charge in [0.15, 0.2) is 0 Å². The summed E-state index contributed by atoms with van der Waals surface area (Å²) in [5, 5.41) is 2.64. The van der Waals surface area contributed by atoms with Crippen molar-refractivity contribution in [1.29, 1.82) is 0 Å². The number of unbranched alkanes of at least 4 members (excludes halogenated alkanes) is 8. The molecule has 0 aromatic heterocycles. The van der Waals surface area contributed by atoms with E-state index in [1.54, 1.807) is 0 Å². The van der Waals surface area contributed by atoms with Gasteiger partial charge in [-0.3, -0.25) is 4.79 Å². The summed E-state index contributed by atoms with van der Waals surface area (Å²) in [6, 6.07) is 9.51. The molecule has 42 heavy (non-hydrogen) atoms. The van der Waals surface area contributed by atoms with Gasteiger partial charge >= 0.3 is 12.1 Å². The smallest absolute Gasteiger partial charge is 0.407 e. The lowest BCUT2D eigenvalue weighted by Crippen LogP contribution is -2.28. The van der Waals surface area contributed by atoms with Crippen LogP contribution in [0.15, 0.2) is 30.3 Å². The maximum absolute atomic E-state index is 11.7. The third-order valence-corrected chi connectivity index (χ3v) is 6.19. The van der Waals surface area contributed by atoms with Crippen molar-refractivity contribution in [1.82, 2.24) is 5.32 Å². The second kappa shape index (κ2) is 30.2. The molecule has 0 heterocycles. The molecule has 242 valence electrons. The number of esters is 1. The van der Waals surface area contributed by atoms with Gasteiger partial charge in [-0.25, -0.2) is 4.79 Å². The van der Waals surface area contributed by atoms with E-state index in [-0.39, 0.29) is 19.2 Å². The molecule has 0 aliphatic rings. The molecular weight excluding hydrogens is 542 g/mol. The van der Waals surface area contributed by atoms with Gasteiger partial charge in [0.25, 0.3) is 0 Å². The Hall–Kier alpha value is -2.24. The van der Waals surface area contributed by atoms with Gasteiger partial charge in [-0.1, -0.05) is 88.6 Å². The van der Waals surface area contributed by atoms with Crippen LogP contribution in [0.3, 0.4) is 0 Å². The molecule has 0 saturated heterocycles. The van der Waals surface area contributed by atoms with Crippen molar-refractivity contribution < 1.29 is 42.7 Å². The van der Waals surface area contributed by atoms with Crippen LogP contribution < -0.4 is 5.32 Å². The van der Waals surface area contributed by atoms with E-state index in [1.165, 1.54) is 44.9 Å². The first-order valence-electron chi connectivity index (χ1n) is 15.7. The van der Waals surface area contributed by atoms with Gasteiger partial charge in [-0.15, -0.1) is 0 Å². The van der Waals surface area contributed by atoms with E-state index in [1.807, 2.05) is 30.3 Å². The Morgan fingerprint density at radius 3 is 1.60 bits per heavy atom. The molecule has 1 aromatic carbocycles. The average molecular weight is 598 g/mol. The summed E-state index contributed by atoms with van der Waals surface area (Å²) < 4.78 is 37.5. The number of alkyl carbamates (subject to hydrolysis) is 1. The number of hydrogen-bond donors (Lipinski definition) is 1. The molecule has 1 amide bonds. The average Bonchev–Trinajstić information content (AvgIpc) is 3.00. The topological polar surface area (TPSA) is 111 Å². The lowest BCUT2D eigenvalue weighted by molar-refractivity contribution is -0.145. The summed E-state index contributed by atoms with van der Waals surface area (Å²) in [6.07, 6.45) is 11.1. The van der Waals surface area contributed by atoms with Crippen LogP contribution in [0.5, 0.6) is 0 Å². The summed E-state index contributed by atoms with van der Waals surface area (Å²) in [5.41, 5.74) is 0.939. The number of nitrogens with one attached hydrogen (secondary N) is 1. The minimum Gasteiger partial charge on any atom is -0.463 e. The Bertz CT molecular complexity index is 736. The fourth-order valence-corrected chi connectivity index (χ4v) is 3.85. The number of amides is 1. The van der Waals surface area contributed by atoms with Crippen LogP contribution in [0.2, 0.25) is 0 Å². The Morgan fingerprint density at radius 2 is 1.05 bits per heavy atom. The van der Waals surface area contributed by atoms with Crippen LogP contribution in [-0.4, -0.2) is 91.3 Å². The van der Waals surface area contributed by atoms with E-state index < -0.39 is 6.09 Å². The molecule has 0 aliphatic carbocycles. The van der Waals surface area contributed by atoms with E-state index >= 15 is 0 Å². The zero-order chi connectivity index (χ0) is 30.2. The predicted molar refractivity (Wildman–Crippen MR) is 162 cm³/mol. The second-order valence-electron chi connectivity index (χ2n) is 9.85. The van der Waals surface area contributed by atoms with E-state index in [4.69, 9.17) is 33.2 Å². The van der Waals surface area contributed by atoms with Crippen molar-refractivity contribution >= 4 is 12.1 Å². The van der Waals surface area contributed by atoms with Crippen molar-refractivity contribution in [3.63, 3.8) is 0 Å². The van der Waals surface area contributed by atoms with Crippen molar-refractivity contribution in [3.8, 4) is 0 Å². The maximum atomic E-state index is 11.7. The lowest BCUT2D eigenvalue weighted by atomic mass is 10.1. The number of benzene rings is 1. The molecule has 0 atom stereocenters. The maximum Gasteiger partial charge on any atom is 0.407 e. The molecule has 0 saturated carbocycles. The SMILES string of the molecule is CCCCCCCCCCCC(=O)OCCOCCOCCOCCOCCOCCNC(=O)OCc1ccccc1. The van der Waals surface area contributed by atoms with Crippen LogP contribution in [0.25, 0.3) is 0 Å². The lowest BCUT2D eigenvalue weighted by Gasteiger charge is -2.09. The number of rotatable bonds is 30. The molecule has 1 aromatic rings. The summed E-state index contributed by atoms with van der Waals surface area (Å²) in [4.78, 5) is 23.4. The van der Waals surface area contributed by atoms with E-state index in [9.17, 15) is 9.59 Å². The van der Waals surface area contributed by atoms with Crippen LogP contribution in [-0.2, 0) is 44.6 Å². The number of carbonyl (C=O) groups is 2. The predicted octanol–water partition coefficient (Wildman–Crippen LogP) is 5.46. The number of carbonyl (C=O) groups excluding carboxylic acids is 2. The van der Waals surface area contributed by atoms with E-state index in [0.29, 0.717) is 79.0 Å². The Kier molecular flexibility index (Phi) is 27.2. The molecule has 0 fully saturated rings. The summed E-state index contributed by atoms with van der Waals surface area (Å²) >= 11 is 0. The van der Waals surface area contributed by atoms with Gasteiger partial charge < -0.3 is 38.5 Å². The van der Waals surface area contributed by atoms with Gasteiger partial charge in [0.1, 0.15) is 13.2 Å². The normalized spacial score (nSPS) is 11.0. The fraction of sp³-hybridized carbons (Fsp3) is 0.750. The van der Waals surface area contributed by atoms with E-state index in [0.717, 1.165) is 18.4 Å². The standard InChI is InChI=1S/C32H55NO9/c1-2-3-4-5-6-7-8-9-13-16-31(34)41-28-27-40-26-25-39-24-23-38-22-21-37-20-19-36-18-17-33-32(35)42-29-30-14-11-10-12-15-30/h10-12,14-15H,2-9,13,16-29H2,1H3,(H,33,35). The van der Waals surface area contributed by atoms with Crippen LogP contribution in [0.1, 0.15) is 76.7 Å². The Labute approximate surface area is 253 Å².